The van der Waals surface area contributed by atoms with Crippen molar-refractivity contribution in [3.05, 3.63) is 35.6 Å². The Morgan fingerprint density at radius 2 is 1.81 bits per heavy atom. The van der Waals surface area contributed by atoms with Crippen LogP contribution in [0.25, 0.3) is 0 Å². The van der Waals surface area contributed by atoms with E-state index in [9.17, 15) is 18.0 Å². The Kier molecular flexibility index (Phi) is 4.34. The molecule has 88 valence electrons. The molecule has 1 atom stereocenters. The minimum atomic E-state index is -2.65. The molecule has 1 aromatic carbocycles. The predicted octanol–water partition coefficient (Wildman–Crippen LogP) is 2.72. The Balaban J connectivity index is 2.68. The van der Waals surface area contributed by atoms with Crippen LogP contribution in [0, 0.1) is 11.7 Å². The topological polar surface area (TPSA) is 37.3 Å². The van der Waals surface area contributed by atoms with Crippen LogP contribution in [0.2, 0.25) is 0 Å². The largest absolute Gasteiger partial charge is 0.481 e. The number of carboxylic acids is 1. The monoisotopic (exact) mass is 232 g/mol. The summed E-state index contributed by atoms with van der Waals surface area (Å²) in [7, 11) is 0. The van der Waals surface area contributed by atoms with Crippen molar-refractivity contribution < 1.29 is 23.1 Å². The maximum atomic E-state index is 12.6. The number of alkyl halides is 2. The highest BCUT2D eigenvalue weighted by atomic mass is 19.3. The lowest BCUT2D eigenvalue weighted by atomic mass is 9.96. The molecular formula is C11H11F3O2. The number of benzene rings is 1. The Bertz CT molecular complexity index is 349. The fourth-order valence-electron chi connectivity index (χ4n) is 1.39. The summed E-state index contributed by atoms with van der Waals surface area (Å²) in [6.07, 6.45) is -3.35. The molecule has 0 radical (unpaired) electrons. The maximum absolute atomic E-state index is 12.6. The Labute approximate surface area is 90.7 Å². The van der Waals surface area contributed by atoms with E-state index in [2.05, 4.69) is 0 Å². The van der Waals surface area contributed by atoms with Crippen molar-refractivity contribution >= 4 is 5.97 Å². The molecule has 16 heavy (non-hydrogen) atoms. The molecule has 2 nitrogen and oxygen atoms in total. The number of aliphatic carboxylic acids is 1. The van der Waals surface area contributed by atoms with E-state index < -0.39 is 30.6 Å². The lowest BCUT2D eigenvalue weighted by molar-refractivity contribution is -0.143. The molecule has 0 aliphatic carbocycles. The van der Waals surface area contributed by atoms with Gasteiger partial charge in [-0.25, -0.2) is 13.2 Å². The van der Waals surface area contributed by atoms with E-state index >= 15 is 0 Å². The van der Waals surface area contributed by atoms with Gasteiger partial charge in [0.15, 0.2) is 0 Å². The Morgan fingerprint density at radius 1 is 1.25 bits per heavy atom. The zero-order valence-electron chi connectivity index (χ0n) is 8.37. The van der Waals surface area contributed by atoms with Crippen LogP contribution in [0.15, 0.2) is 24.3 Å². The first-order valence-electron chi connectivity index (χ1n) is 4.74. The summed E-state index contributed by atoms with van der Waals surface area (Å²) in [5.74, 6) is -2.83. The number of hydrogen-bond donors (Lipinski definition) is 1. The molecule has 0 amide bonds. The third-order valence-electron chi connectivity index (χ3n) is 2.21. The summed E-state index contributed by atoms with van der Waals surface area (Å²) < 4.78 is 36.7. The molecule has 1 N–H and O–H groups in total. The van der Waals surface area contributed by atoms with Crippen LogP contribution in [0.1, 0.15) is 12.0 Å². The van der Waals surface area contributed by atoms with Gasteiger partial charge in [0, 0.05) is 6.42 Å². The summed E-state index contributed by atoms with van der Waals surface area (Å²) >= 11 is 0. The quantitative estimate of drug-likeness (QED) is 0.847. The van der Waals surface area contributed by atoms with Crippen molar-refractivity contribution in [1.29, 1.82) is 0 Å². The van der Waals surface area contributed by atoms with Crippen molar-refractivity contribution in [1.82, 2.24) is 0 Å². The fourth-order valence-corrected chi connectivity index (χ4v) is 1.39. The van der Waals surface area contributed by atoms with Gasteiger partial charge in [-0.1, -0.05) is 12.1 Å². The van der Waals surface area contributed by atoms with E-state index in [-0.39, 0.29) is 6.42 Å². The molecule has 0 aromatic heterocycles. The number of halogens is 3. The molecule has 1 unspecified atom stereocenters. The first-order chi connectivity index (χ1) is 7.49. The number of rotatable bonds is 5. The molecule has 0 aliphatic heterocycles. The average Bonchev–Trinajstić information content (AvgIpc) is 2.19. The van der Waals surface area contributed by atoms with Gasteiger partial charge in [0.25, 0.3) is 0 Å². The Morgan fingerprint density at radius 3 is 2.25 bits per heavy atom. The number of carbonyl (C=O) groups is 1. The molecule has 0 fully saturated rings. The van der Waals surface area contributed by atoms with Gasteiger partial charge in [0.2, 0.25) is 6.43 Å². The highest BCUT2D eigenvalue weighted by Crippen LogP contribution is 2.17. The van der Waals surface area contributed by atoms with Crippen molar-refractivity contribution in [3.8, 4) is 0 Å². The predicted molar refractivity (Wildman–Crippen MR) is 51.9 cm³/mol. The second-order valence-electron chi connectivity index (χ2n) is 3.49. The van der Waals surface area contributed by atoms with Crippen LogP contribution in [-0.2, 0) is 11.2 Å². The van der Waals surface area contributed by atoms with Gasteiger partial charge in [-0.05, 0) is 24.1 Å². The van der Waals surface area contributed by atoms with Crippen LogP contribution < -0.4 is 0 Å². The zero-order valence-corrected chi connectivity index (χ0v) is 8.37. The van der Waals surface area contributed by atoms with Crippen LogP contribution in [0.4, 0.5) is 13.2 Å². The second-order valence-corrected chi connectivity index (χ2v) is 3.49. The van der Waals surface area contributed by atoms with Crippen molar-refractivity contribution in [3.63, 3.8) is 0 Å². The van der Waals surface area contributed by atoms with Gasteiger partial charge in [-0.2, -0.15) is 0 Å². The molecule has 0 saturated carbocycles. The summed E-state index contributed by atoms with van der Waals surface area (Å²) in [6.45, 7) is 0. The first-order valence-corrected chi connectivity index (χ1v) is 4.74. The van der Waals surface area contributed by atoms with Gasteiger partial charge in [-0.15, -0.1) is 0 Å². The normalized spacial score (nSPS) is 12.8. The summed E-state index contributed by atoms with van der Waals surface area (Å²) in [6, 6.07) is 5.15. The average molecular weight is 232 g/mol. The number of hydrogen-bond acceptors (Lipinski definition) is 1. The minimum Gasteiger partial charge on any atom is -0.481 e. The van der Waals surface area contributed by atoms with Crippen LogP contribution in [-0.4, -0.2) is 17.5 Å². The lowest BCUT2D eigenvalue weighted by Crippen LogP contribution is -2.19. The second kappa shape index (κ2) is 5.53. The van der Waals surface area contributed by atoms with Crippen molar-refractivity contribution in [2.45, 2.75) is 19.3 Å². The molecular weight excluding hydrogens is 221 g/mol. The summed E-state index contributed by atoms with van der Waals surface area (Å²) in [4.78, 5) is 10.7. The van der Waals surface area contributed by atoms with E-state index in [0.29, 0.717) is 5.56 Å². The van der Waals surface area contributed by atoms with Crippen LogP contribution in [0.5, 0.6) is 0 Å². The third kappa shape index (κ3) is 3.92. The fraction of sp³-hybridized carbons (Fsp3) is 0.364. The van der Waals surface area contributed by atoms with E-state index in [1.807, 2.05) is 0 Å². The molecule has 0 bridgehead atoms. The lowest BCUT2D eigenvalue weighted by Gasteiger charge is -2.11. The van der Waals surface area contributed by atoms with E-state index in [4.69, 9.17) is 5.11 Å². The smallest absolute Gasteiger partial charge is 0.307 e. The van der Waals surface area contributed by atoms with Crippen LogP contribution >= 0.6 is 0 Å². The third-order valence-corrected chi connectivity index (χ3v) is 2.21. The van der Waals surface area contributed by atoms with Gasteiger partial charge < -0.3 is 5.11 Å². The van der Waals surface area contributed by atoms with Gasteiger partial charge >= 0.3 is 5.97 Å². The number of carboxylic acid groups (broad SMARTS) is 1. The zero-order chi connectivity index (χ0) is 12.1. The minimum absolute atomic E-state index is 0.0139. The van der Waals surface area contributed by atoms with Gasteiger partial charge in [-0.3, -0.25) is 4.79 Å². The summed E-state index contributed by atoms with van der Waals surface area (Å²) in [5, 5.41) is 8.73. The van der Waals surface area contributed by atoms with Crippen molar-refractivity contribution in [2.24, 2.45) is 5.92 Å². The highest BCUT2D eigenvalue weighted by molar-refractivity contribution is 5.70. The first kappa shape index (κ1) is 12.5. The van der Waals surface area contributed by atoms with Gasteiger partial charge in [0.05, 0.1) is 5.92 Å². The van der Waals surface area contributed by atoms with Crippen LogP contribution in [0.3, 0.4) is 0 Å². The molecule has 5 heteroatoms. The SMILES string of the molecule is O=C(O)C(Cc1ccc(F)cc1)CC(F)F. The summed E-state index contributed by atoms with van der Waals surface area (Å²) in [5.41, 5.74) is 0.537. The van der Waals surface area contributed by atoms with E-state index in [1.54, 1.807) is 0 Å². The molecule has 0 heterocycles. The highest BCUT2D eigenvalue weighted by Gasteiger charge is 2.22. The molecule has 0 saturated heterocycles. The Hall–Kier alpha value is -1.52. The maximum Gasteiger partial charge on any atom is 0.307 e. The van der Waals surface area contributed by atoms with E-state index in [0.717, 1.165) is 0 Å². The van der Waals surface area contributed by atoms with Gasteiger partial charge in [0.1, 0.15) is 5.82 Å². The van der Waals surface area contributed by atoms with E-state index in [1.165, 1.54) is 24.3 Å². The standard InChI is InChI=1S/C11H11F3O2/c12-9-3-1-7(2-4-9)5-8(11(15)16)6-10(13)14/h1-4,8,10H,5-6H2,(H,15,16). The molecule has 0 aliphatic rings. The molecule has 0 spiro atoms. The molecule has 1 rings (SSSR count). The van der Waals surface area contributed by atoms with Crippen molar-refractivity contribution in [2.75, 3.05) is 0 Å². The molecule has 1 aromatic rings.